The second-order valence-electron chi connectivity index (χ2n) is 6.12. The summed E-state index contributed by atoms with van der Waals surface area (Å²) in [5, 5.41) is 23.1. The maximum atomic E-state index is 12.3. The van der Waals surface area contributed by atoms with Crippen LogP contribution in [-0.4, -0.2) is 30.4 Å². The molecule has 9 nitrogen and oxygen atoms in total. The first kappa shape index (κ1) is 19.8. The molecule has 28 heavy (non-hydrogen) atoms. The molecule has 1 N–H and O–H groups in total. The molecule has 1 aromatic carbocycles. The van der Waals surface area contributed by atoms with Gasteiger partial charge in [-0.2, -0.15) is 10.2 Å². The zero-order chi connectivity index (χ0) is 20.4. The number of nitrogens with one attached hydrogen (secondary N) is 1. The molecule has 2 heterocycles. The van der Waals surface area contributed by atoms with Gasteiger partial charge in [0, 0.05) is 22.3 Å². The fraction of sp³-hybridized carbons (Fsp3) is 0.235. The number of amides is 1. The lowest BCUT2D eigenvalue weighted by Gasteiger charge is -2.06. The van der Waals surface area contributed by atoms with Crippen molar-refractivity contribution in [1.82, 2.24) is 19.6 Å². The summed E-state index contributed by atoms with van der Waals surface area (Å²) < 4.78 is 2.92. The van der Waals surface area contributed by atoms with E-state index in [0.717, 1.165) is 5.56 Å². The highest BCUT2D eigenvalue weighted by atomic mass is 35.5. The molecule has 0 saturated heterocycles. The lowest BCUT2D eigenvalue weighted by molar-refractivity contribution is -0.386. The summed E-state index contributed by atoms with van der Waals surface area (Å²) in [5.41, 5.74) is 1.33. The summed E-state index contributed by atoms with van der Waals surface area (Å²) in [5.74, 6) is -0.0404. The minimum absolute atomic E-state index is 0.0862. The quantitative estimate of drug-likeness (QED) is 0.482. The van der Waals surface area contributed by atoms with E-state index in [0.29, 0.717) is 28.1 Å². The first-order chi connectivity index (χ1) is 13.2. The van der Waals surface area contributed by atoms with Gasteiger partial charge >= 0.3 is 5.69 Å². The number of nitrogens with zero attached hydrogens (tertiary/aromatic N) is 5. The van der Waals surface area contributed by atoms with Crippen molar-refractivity contribution in [3.63, 3.8) is 0 Å². The molecule has 2 aromatic heterocycles. The normalized spacial score (nSPS) is 10.9. The first-order valence-corrected chi connectivity index (χ1v) is 8.96. The number of nitro groups is 1. The zero-order valence-electron chi connectivity index (χ0n) is 15.0. The Morgan fingerprint density at radius 2 is 2.00 bits per heavy atom. The summed E-state index contributed by atoms with van der Waals surface area (Å²) in [4.78, 5) is 22.8. The van der Waals surface area contributed by atoms with Crippen LogP contribution in [0.3, 0.4) is 0 Å². The van der Waals surface area contributed by atoms with Crippen molar-refractivity contribution in [2.75, 3.05) is 5.32 Å². The fourth-order valence-electron chi connectivity index (χ4n) is 2.76. The molecule has 0 radical (unpaired) electrons. The predicted octanol–water partition coefficient (Wildman–Crippen LogP) is 3.60. The summed E-state index contributed by atoms with van der Waals surface area (Å²) in [6.07, 6.45) is 1.70. The van der Waals surface area contributed by atoms with Crippen LogP contribution in [0, 0.1) is 24.0 Å². The number of hydrogen-bond donors (Lipinski definition) is 1. The van der Waals surface area contributed by atoms with Gasteiger partial charge in [0.15, 0.2) is 5.82 Å². The van der Waals surface area contributed by atoms with Crippen molar-refractivity contribution in [2.45, 2.75) is 26.9 Å². The van der Waals surface area contributed by atoms with Crippen molar-refractivity contribution >= 4 is 40.6 Å². The van der Waals surface area contributed by atoms with Crippen molar-refractivity contribution in [2.24, 2.45) is 0 Å². The molecule has 3 aromatic rings. The van der Waals surface area contributed by atoms with Crippen LogP contribution in [-0.2, 0) is 17.9 Å². The van der Waals surface area contributed by atoms with E-state index in [9.17, 15) is 14.9 Å². The second-order valence-corrected chi connectivity index (χ2v) is 6.96. The van der Waals surface area contributed by atoms with Crippen LogP contribution in [0.1, 0.15) is 17.0 Å². The number of benzene rings is 1. The number of halogens is 2. The van der Waals surface area contributed by atoms with E-state index < -0.39 is 10.8 Å². The van der Waals surface area contributed by atoms with Gasteiger partial charge in [-0.05, 0) is 31.5 Å². The fourth-order valence-corrected chi connectivity index (χ4v) is 3.23. The van der Waals surface area contributed by atoms with E-state index in [1.54, 1.807) is 42.1 Å². The molecule has 0 fully saturated rings. The van der Waals surface area contributed by atoms with Crippen LogP contribution >= 0.6 is 23.2 Å². The molecule has 11 heteroatoms. The average molecular weight is 423 g/mol. The Morgan fingerprint density at radius 3 is 2.64 bits per heavy atom. The highest BCUT2D eigenvalue weighted by molar-refractivity contribution is 6.35. The van der Waals surface area contributed by atoms with E-state index in [2.05, 4.69) is 15.5 Å². The molecule has 3 rings (SSSR count). The number of rotatable bonds is 6. The highest BCUT2D eigenvalue weighted by Crippen LogP contribution is 2.23. The molecule has 1 amide bonds. The standard InChI is InChI=1S/C17H16Cl2N6O3/c1-10-17(25(27)28)11(2)24(21-10)9-16(26)20-15-5-6-23(22-15)8-12-3-4-13(18)7-14(12)19/h3-7H,8-9H2,1-2H3,(H,20,22,26). The molecule has 0 bridgehead atoms. The van der Waals surface area contributed by atoms with Crippen molar-refractivity contribution < 1.29 is 9.72 Å². The first-order valence-electron chi connectivity index (χ1n) is 8.20. The van der Waals surface area contributed by atoms with Gasteiger partial charge in [0.1, 0.15) is 17.9 Å². The Hall–Kier alpha value is -2.91. The second kappa shape index (κ2) is 7.99. The van der Waals surface area contributed by atoms with Gasteiger partial charge in [-0.25, -0.2) is 0 Å². The van der Waals surface area contributed by atoms with Gasteiger partial charge in [0.25, 0.3) is 0 Å². The molecule has 0 unspecified atom stereocenters. The number of aromatic nitrogens is 4. The zero-order valence-corrected chi connectivity index (χ0v) is 16.5. The highest BCUT2D eigenvalue weighted by Gasteiger charge is 2.22. The minimum Gasteiger partial charge on any atom is -0.308 e. The van der Waals surface area contributed by atoms with Crippen LogP contribution < -0.4 is 5.32 Å². The van der Waals surface area contributed by atoms with Crippen LogP contribution in [0.25, 0.3) is 0 Å². The summed E-state index contributed by atoms with van der Waals surface area (Å²) >= 11 is 12.0. The van der Waals surface area contributed by atoms with Crippen LogP contribution in [0.15, 0.2) is 30.5 Å². The molecule has 0 saturated carbocycles. The maximum absolute atomic E-state index is 12.3. The molecule has 0 aliphatic rings. The number of carbonyl (C=O) groups excluding carboxylic acids is 1. The molecule has 0 atom stereocenters. The molecule has 146 valence electrons. The van der Waals surface area contributed by atoms with E-state index >= 15 is 0 Å². The van der Waals surface area contributed by atoms with Gasteiger partial charge < -0.3 is 5.32 Å². The third-order valence-corrected chi connectivity index (χ3v) is 4.66. The number of aryl methyl sites for hydroxylation is 1. The Morgan fingerprint density at radius 1 is 1.25 bits per heavy atom. The van der Waals surface area contributed by atoms with Crippen LogP contribution in [0.4, 0.5) is 11.5 Å². The molecular weight excluding hydrogens is 407 g/mol. The predicted molar refractivity (Wildman–Crippen MR) is 105 cm³/mol. The van der Waals surface area contributed by atoms with E-state index in [1.165, 1.54) is 11.6 Å². The Labute approximate surface area is 170 Å². The van der Waals surface area contributed by atoms with E-state index in [1.807, 2.05) is 0 Å². The SMILES string of the molecule is Cc1nn(CC(=O)Nc2ccn(Cc3ccc(Cl)cc3Cl)n2)c(C)c1[N+](=O)[O-]. The Balaban J connectivity index is 1.66. The largest absolute Gasteiger partial charge is 0.312 e. The summed E-state index contributed by atoms with van der Waals surface area (Å²) in [7, 11) is 0. The maximum Gasteiger partial charge on any atom is 0.312 e. The monoisotopic (exact) mass is 422 g/mol. The number of hydrogen-bond acceptors (Lipinski definition) is 5. The number of anilines is 1. The van der Waals surface area contributed by atoms with Crippen molar-refractivity contribution in [3.05, 3.63) is 67.6 Å². The lowest BCUT2D eigenvalue weighted by atomic mass is 10.2. The Bertz CT molecular complexity index is 1060. The molecule has 0 aliphatic carbocycles. The third-order valence-electron chi connectivity index (χ3n) is 4.07. The van der Waals surface area contributed by atoms with Gasteiger partial charge in [0.2, 0.25) is 5.91 Å². The average Bonchev–Trinajstić information content (AvgIpc) is 3.14. The molecule has 0 aliphatic heterocycles. The summed E-state index contributed by atoms with van der Waals surface area (Å²) in [6, 6.07) is 6.84. The minimum atomic E-state index is -0.504. The number of carbonyl (C=O) groups is 1. The van der Waals surface area contributed by atoms with Gasteiger partial charge in [-0.3, -0.25) is 24.3 Å². The van der Waals surface area contributed by atoms with Gasteiger partial charge in [-0.1, -0.05) is 29.3 Å². The van der Waals surface area contributed by atoms with E-state index in [4.69, 9.17) is 23.2 Å². The van der Waals surface area contributed by atoms with Crippen molar-refractivity contribution in [1.29, 1.82) is 0 Å². The molecular formula is C17H16Cl2N6O3. The topological polar surface area (TPSA) is 108 Å². The van der Waals surface area contributed by atoms with Gasteiger partial charge in [-0.15, -0.1) is 0 Å². The van der Waals surface area contributed by atoms with E-state index in [-0.39, 0.29) is 17.9 Å². The molecule has 0 spiro atoms. The van der Waals surface area contributed by atoms with Crippen molar-refractivity contribution in [3.8, 4) is 0 Å². The summed E-state index contributed by atoms with van der Waals surface area (Å²) in [6.45, 7) is 3.34. The smallest absolute Gasteiger partial charge is 0.308 e. The Kier molecular flexibility index (Phi) is 5.66. The van der Waals surface area contributed by atoms with Crippen LogP contribution in [0.2, 0.25) is 10.0 Å². The van der Waals surface area contributed by atoms with Crippen LogP contribution in [0.5, 0.6) is 0 Å². The van der Waals surface area contributed by atoms with Gasteiger partial charge in [0.05, 0.1) is 11.5 Å². The third kappa shape index (κ3) is 4.32. The lowest BCUT2D eigenvalue weighted by Crippen LogP contribution is -2.20.